The number of alkyl halides is 1. The van der Waals surface area contributed by atoms with Crippen LogP contribution in [0.1, 0.15) is 24.6 Å². The van der Waals surface area contributed by atoms with Crippen LogP contribution >= 0.6 is 0 Å². The highest BCUT2D eigenvalue weighted by Gasteiger charge is 2.25. The van der Waals surface area contributed by atoms with Gasteiger partial charge in [0.2, 0.25) is 0 Å². The number of aromatic amines is 1. The highest BCUT2D eigenvalue weighted by molar-refractivity contribution is 5.84. The summed E-state index contributed by atoms with van der Waals surface area (Å²) in [7, 11) is 0. The first-order chi connectivity index (χ1) is 8.79. The summed E-state index contributed by atoms with van der Waals surface area (Å²) in [6.07, 6.45) is 1.70. The topological polar surface area (TPSA) is 19.0 Å². The number of rotatable bonds is 3. The third-order valence-electron chi connectivity index (χ3n) is 3.97. The van der Waals surface area contributed by atoms with Crippen molar-refractivity contribution in [3.05, 3.63) is 35.5 Å². The molecule has 1 atom stereocenters. The number of hydrogen-bond acceptors (Lipinski definition) is 1. The molecular weight excluding hydrogens is 227 g/mol. The molecule has 1 N–H and O–H groups in total. The van der Waals surface area contributed by atoms with Gasteiger partial charge in [-0.2, -0.15) is 0 Å². The number of para-hydroxylation sites is 1. The first-order valence-corrected chi connectivity index (χ1v) is 6.68. The predicted molar refractivity (Wildman–Crippen MR) is 72.5 cm³/mol. The highest BCUT2D eigenvalue weighted by atomic mass is 19.1. The fourth-order valence-electron chi connectivity index (χ4n) is 2.97. The third kappa shape index (κ3) is 1.93. The summed E-state index contributed by atoms with van der Waals surface area (Å²) in [6.45, 7) is 3.80. The molecule has 0 bridgehead atoms. The molecular formula is C15H19FN2. The quantitative estimate of drug-likeness (QED) is 0.880. The Morgan fingerprint density at radius 1 is 1.39 bits per heavy atom. The van der Waals surface area contributed by atoms with Crippen LogP contribution < -0.4 is 0 Å². The van der Waals surface area contributed by atoms with Crippen LogP contribution in [0.2, 0.25) is 0 Å². The Morgan fingerprint density at radius 2 is 2.22 bits per heavy atom. The molecule has 2 nitrogen and oxygen atoms in total. The van der Waals surface area contributed by atoms with Crippen molar-refractivity contribution in [3.63, 3.8) is 0 Å². The average Bonchev–Trinajstić information content (AvgIpc) is 2.74. The van der Waals surface area contributed by atoms with Crippen LogP contribution in [0.5, 0.6) is 0 Å². The summed E-state index contributed by atoms with van der Waals surface area (Å²) in [5.41, 5.74) is 3.99. The smallest absolute Gasteiger partial charge is 0.0906 e. The second kappa shape index (κ2) is 4.73. The van der Waals surface area contributed by atoms with Gasteiger partial charge >= 0.3 is 0 Å². The van der Waals surface area contributed by atoms with Crippen LogP contribution in [0.4, 0.5) is 4.39 Å². The van der Waals surface area contributed by atoms with E-state index in [4.69, 9.17) is 0 Å². The summed E-state index contributed by atoms with van der Waals surface area (Å²) in [6, 6.07) is 8.98. The fourth-order valence-corrected chi connectivity index (χ4v) is 2.97. The second-order valence-electron chi connectivity index (χ2n) is 5.19. The van der Waals surface area contributed by atoms with Gasteiger partial charge in [0, 0.05) is 35.7 Å². The lowest BCUT2D eigenvalue weighted by Gasteiger charge is -2.33. The molecule has 0 radical (unpaired) electrons. The van der Waals surface area contributed by atoms with Crippen molar-refractivity contribution in [2.75, 3.05) is 13.2 Å². The van der Waals surface area contributed by atoms with E-state index >= 15 is 0 Å². The molecule has 0 amide bonds. The minimum atomic E-state index is -0.219. The zero-order chi connectivity index (χ0) is 12.5. The molecule has 2 heterocycles. The number of hydrogen-bond donors (Lipinski definition) is 1. The van der Waals surface area contributed by atoms with E-state index in [9.17, 15) is 4.39 Å². The van der Waals surface area contributed by atoms with Crippen molar-refractivity contribution in [2.45, 2.75) is 32.4 Å². The maximum absolute atomic E-state index is 12.3. The van der Waals surface area contributed by atoms with Crippen LogP contribution in [-0.4, -0.2) is 29.1 Å². The number of nitrogens with one attached hydrogen (secondary N) is 1. The molecule has 0 aliphatic carbocycles. The number of halogens is 1. The van der Waals surface area contributed by atoms with E-state index in [1.165, 1.54) is 22.2 Å². The lowest BCUT2D eigenvalue weighted by Crippen LogP contribution is -2.38. The Labute approximate surface area is 107 Å². The van der Waals surface area contributed by atoms with Gasteiger partial charge in [-0.15, -0.1) is 0 Å². The molecule has 1 aliphatic rings. The molecule has 0 unspecified atom stereocenters. The van der Waals surface area contributed by atoms with Crippen molar-refractivity contribution in [3.8, 4) is 0 Å². The van der Waals surface area contributed by atoms with Crippen LogP contribution in [0.3, 0.4) is 0 Å². The number of fused-ring (bicyclic) bond motifs is 3. The van der Waals surface area contributed by atoms with Crippen LogP contribution in [0.25, 0.3) is 10.9 Å². The van der Waals surface area contributed by atoms with E-state index in [1.54, 1.807) is 0 Å². The second-order valence-corrected chi connectivity index (χ2v) is 5.19. The summed E-state index contributed by atoms with van der Waals surface area (Å²) >= 11 is 0. The molecule has 1 aromatic carbocycles. The van der Waals surface area contributed by atoms with Gasteiger partial charge < -0.3 is 4.98 Å². The number of nitrogens with zero attached hydrogens (tertiary/aromatic N) is 1. The van der Waals surface area contributed by atoms with Gasteiger partial charge in [0.25, 0.3) is 0 Å². The Balaban J connectivity index is 1.92. The largest absolute Gasteiger partial charge is 0.357 e. The summed E-state index contributed by atoms with van der Waals surface area (Å²) in [5, 5.41) is 1.35. The minimum absolute atomic E-state index is 0.219. The Kier molecular flexibility index (Phi) is 3.08. The zero-order valence-corrected chi connectivity index (χ0v) is 10.7. The predicted octanol–water partition coefficient (Wildman–Crippen LogP) is 3.27. The maximum atomic E-state index is 12.3. The summed E-state index contributed by atoms with van der Waals surface area (Å²) in [5.74, 6) is 0. The van der Waals surface area contributed by atoms with E-state index in [0.29, 0.717) is 12.5 Å². The van der Waals surface area contributed by atoms with Crippen LogP contribution in [0.15, 0.2) is 24.3 Å². The van der Waals surface area contributed by atoms with Crippen LogP contribution in [0, 0.1) is 0 Å². The Morgan fingerprint density at radius 3 is 3.06 bits per heavy atom. The SMILES string of the molecule is C[C@@H]1Cc2c([nH]c3ccccc23)CN1CCCF. The molecule has 18 heavy (non-hydrogen) atoms. The number of benzene rings is 1. The maximum Gasteiger partial charge on any atom is 0.0906 e. The minimum Gasteiger partial charge on any atom is -0.357 e. The number of H-pyrrole nitrogens is 1. The van der Waals surface area contributed by atoms with E-state index in [0.717, 1.165) is 19.5 Å². The first kappa shape index (κ1) is 11.7. The number of aromatic nitrogens is 1. The van der Waals surface area contributed by atoms with Gasteiger partial charge in [-0.3, -0.25) is 9.29 Å². The fraction of sp³-hybridized carbons (Fsp3) is 0.467. The molecule has 0 saturated carbocycles. The molecule has 96 valence electrons. The van der Waals surface area contributed by atoms with Crippen molar-refractivity contribution in [2.24, 2.45) is 0 Å². The standard InChI is InChI=1S/C15H19FN2/c1-11-9-13-12-5-2-3-6-14(12)17-15(13)10-18(11)8-4-7-16/h2-3,5-6,11,17H,4,7-10H2,1H3/t11-/m1/s1. The Bertz CT molecular complexity index is 546. The molecule has 1 aliphatic heterocycles. The third-order valence-corrected chi connectivity index (χ3v) is 3.97. The van der Waals surface area contributed by atoms with Crippen molar-refractivity contribution in [1.82, 2.24) is 9.88 Å². The van der Waals surface area contributed by atoms with E-state index in [1.807, 2.05) is 0 Å². The van der Waals surface area contributed by atoms with Gasteiger partial charge in [-0.25, -0.2) is 0 Å². The van der Waals surface area contributed by atoms with Gasteiger partial charge in [0.15, 0.2) is 0 Å². The molecule has 1 aromatic heterocycles. The molecule has 0 saturated heterocycles. The zero-order valence-electron chi connectivity index (χ0n) is 10.7. The molecule has 3 heteroatoms. The van der Waals surface area contributed by atoms with Crippen LogP contribution in [-0.2, 0) is 13.0 Å². The Hall–Kier alpha value is -1.35. The normalized spacial score (nSPS) is 20.2. The van der Waals surface area contributed by atoms with Crippen molar-refractivity contribution < 1.29 is 4.39 Å². The summed E-state index contributed by atoms with van der Waals surface area (Å²) in [4.78, 5) is 5.88. The first-order valence-electron chi connectivity index (χ1n) is 6.68. The van der Waals surface area contributed by atoms with E-state index in [2.05, 4.69) is 41.1 Å². The van der Waals surface area contributed by atoms with Gasteiger partial charge in [0.05, 0.1) is 6.67 Å². The van der Waals surface area contributed by atoms with Crippen molar-refractivity contribution >= 4 is 10.9 Å². The van der Waals surface area contributed by atoms with E-state index < -0.39 is 0 Å². The monoisotopic (exact) mass is 246 g/mol. The average molecular weight is 246 g/mol. The molecule has 0 fully saturated rings. The summed E-state index contributed by atoms with van der Waals surface area (Å²) < 4.78 is 12.3. The van der Waals surface area contributed by atoms with Gasteiger partial charge in [0.1, 0.15) is 0 Å². The van der Waals surface area contributed by atoms with E-state index in [-0.39, 0.29) is 6.67 Å². The van der Waals surface area contributed by atoms with Gasteiger partial charge in [-0.1, -0.05) is 18.2 Å². The molecule has 3 rings (SSSR count). The van der Waals surface area contributed by atoms with Crippen molar-refractivity contribution in [1.29, 1.82) is 0 Å². The van der Waals surface area contributed by atoms with Gasteiger partial charge in [-0.05, 0) is 31.4 Å². The highest BCUT2D eigenvalue weighted by Crippen LogP contribution is 2.29. The lowest BCUT2D eigenvalue weighted by atomic mass is 9.97. The molecule has 2 aromatic rings. The lowest BCUT2D eigenvalue weighted by molar-refractivity contribution is 0.175. The molecule has 0 spiro atoms.